The summed E-state index contributed by atoms with van der Waals surface area (Å²) in [5.74, 6) is 1.39. The summed E-state index contributed by atoms with van der Waals surface area (Å²) in [6.07, 6.45) is 5.83. The Morgan fingerprint density at radius 3 is 2.30 bits per heavy atom. The van der Waals surface area contributed by atoms with Crippen LogP contribution in [0.15, 0.2) is 37.4 Å². The standard InChI is InChI=1S/C19H30N2O2/c1-5-11-21(12-6-2)13-9-10-16-14-17(20)19(23-8-4)18(15-16)22-7-3/h5-6,14-15H,1-2,7-13,20H2,3-4H3. The van der Waals surface area contributed by atoms with E-state index in [4.69, 9.17) is 15.2 Å². The molecule has 0 aliphatic heterocycles. The number of anilines is 1. The summed E-state index contributed by atoms with van der Waals surface area (Å²) in [4.78, 5) is 2.31. The minimum absolute atomic E-state index is 0.571. The number of aryl methyl sites for hydroxylation is 1. The molecule has 0 unspecified atom stereocenters. The van der Waals surface area contributed by atoms with Crippen molar-refractivity contribution in [2.45, 2.75) is 26.7 Å². The molecule has 23 heavy (non-hydrogen) atoms. The summed E-state index contributed by atoms with van der Waals surface area (Å²) in [5.41, 5.74) is 7.94. The minimum atomic E-state index is 0.571. The first-order valence-electron chi connectivity index (χ1n) is 8.28. The van der Waals surface area contributed by atoms with E-state index in [2.05, 4.69) is 18.1 Å². The van der Waals surface area contributed by atoms with Crippen LogP contribution in [0.5, 0.6) is 11.5 Å². The molecule has 128 valence electrons. The first kappa shape index (κ1) is 19.1. The molecular weight excluding hydrogens is 288 g/mol. The monoisotopic (exact) mass is 318 g/mol. The highest BCUT2D eigenvalue weighted by Crippen LogP contribution is 2.35. The number of nitrogens with two attached hydrogens (primary N) is 1. The van der Waals surface area contributed by atoms with Gasteiger partial charge in [-0.1, -0.05) is 12.2 Å². The van der Waals surface area contributed by atoms with Gasteiger partial charge in [-0.15, -0.1) is 13.2 Å². The zero-order valence-electron chi connectivity index (χ0n) is 14.5. The predicted molar refractivity (Wildman–Crippen MR) is 98.3 cm³/mol. The summed E-state index contributed by atoms with van der Waals surface area (Å²) in [7, 11) is 0. The second-order valence-corrected chi connectivity index (χ2v) is 5.32. The molecule has 0 spiro atoms. The van der Waals surface area contributed by atoms with Crippen LogP contribution in [0, 0.1) is 0 Å². The van der Waals surface area contributed by atoms with Gasteiger partial charge in [-0.25, -0.2) is 0 Å². The van der Waals surface area contributed by atoms with Crippen LogP contribution in [-0.4, -0.2) is 37.7 Å². The lowest BCUT2D eigenvalue weighted by Crippen LogP contribution is -2.25. The highest BCUT2D eigenvalue weighted by molar-refractivity contribution is 5.62. The molecule has 0 saturated heterocycles. The van der Waals surface area contributed by atoms with Crippen molar-refractivity contribution >= 4 is 5.69 Å². The Balaban J connectivity index is 2.72. The van der Waals surface area contributed by atoms with Crippen LogP contribution in [0.3, 0.4) is 0 Å². The second-order valence-electron chi connectivity index (χ2n) is 5.32. The van der Waals surface area contributed by atoms with Crippen LogP contribution in [-0.2, 0) is 6.42 Å². The van der Waals surface area contributed by atoms with E-state index < -0.39 is 0 Å². The normalized spacial score (nSPS) is 10.6. The quantitative estimate of drug-likeness (QED) is 0.472. The molecular formula is C19H30N2O2. The molecule has 2 N–H and O–H groups in total. The fourth-order valence-electron chi connectivity index (χ4n) is 2.52. The number of nitrogen functional groups attached to an aromatic ring is 1. The largest absolute Gasteiger partial charge is 0.490 e. The van der Waals surface area contributed by atoms with Crippen molar-refractivity contribution in [2.75, 3.05) is 38.6 Å². The van der Waals surface area contributed by atoms with Crippen LogP contribution in [0.1, 0.15) is 25.8 Å². The number of ether oxygens (including phenoxy) is 2. The van der Waals surface area contributed by atoms with Crippen molar-refractivity contribution in [1.82, 2.24) is 4.90 Å². The van der Waals surface area contributed by atoms with Gasteiger partial charge in [0.2, 0.25) is 0 Å². The molecule has 0 saturated carbocycles. The first-order valence-corrected chi connectivity index (χ1v) is 8.28. The summed E-state index contributed by atoms with van der Waals surface area (Å²) >= 11 is 0. The van der Waals surface area contributed by atoms with Gasteiger partial charge in [0.05, 0.1) is 18.9 Å². The fraction of sp³-hybridized carbons (Fsp3) is 0.474. The molecule has 1 aromatic carbocycles. The average Bonchev–Trinajstić information content (AvgIpc) is 2.51. The third-order valence-corrected chi connectivity index (χ3v) is 3.45. The second kappa shape index (κ2) is 10.7. The number of rotatable bonds is 12. The lowest BCUT2D eigenvalue weighted by Gasteiger charge is -2.19. The Kier molecular flexibility index (Phi) is 8.91. The van der Waals surface area contributed by atoms with Gasteiger partial charge in [-0.3, -0.25) is 4.90 Å². The molecule has 0 atom stereocenters. The molecule has 0 aliphatic carbocycles. The van der Waals surface area contributed by atoms with Crippen molar-refractivity contribution in [3.8, 4) is 11.5 Å². The van der Waals surface area contributed by atoms with Gasteiger partial charge in [-0.05, 0) is 50.9 Å². The van der Waals surface area contributed by atoms with Crippen molar-refractivity contribution in [2.24, 2.45) is 0 Å². The molecule has 1 aromatic rings. The Morgan fingerprint density at radius 1 is 1.09 bits per heavy atom. The van der Waals surface area contributed by atoms with Gasteiger partial charge in [0, 0.05) is 13.1 Å². The average molecular weight is 318 g/mol. The molecule has 0 bridgehead atoms. The maximum absolute atomic E-state index is 6.12. The van der Waals surface area contributed by atoms with Crippen LogP contribution >= 0.6 is 0 Å². The molecule has 0 amide bonds. The van der Waals surface area contributed by atoms with E-state index in [0.717, 1.165) is 38.2 Å². The zero-order valence-corrected chi connectivity index (χ0v) is 14.5. The highest BCUT2D eigenvalue weighted by Gasteiger charge is 2.11. The zero-order chi connectivity index (χ0) is 17.1. The van der Waals surface area contributed by atoms with E-state index in [1.807, 2.05) is 38.1 Å². The first-order chi connectivity index (χ1) is 11.2. The van der Waals surface area contributed by atoms with E-state index in [-0.39, 0.29) is 0 Å². The van der Waals surface area contributed by atoms with E-state index in [9.17, 15) is 0 Å². The van der Waals surface area contributed by atoms with Gasteiger partial charge >= 0.3 is 0 Å². The molecule has 0 aromatic heterocycles. The van der Waals surface area contributed by atoms with Crippen molar-refractivity contribution in [1.29, 1.82) is 0 Å². The smallest absolute Gasteiger partial charge is 0.184 e. The van der Waals surface area contributed by atoms with Crippen LogP contribution in [0.2, 0.25) is 0 Å². The lowest BCUT2D eigenvalue weighted by molar-refractivity contribution is 0.288. The van der Waals surface area contributed by atoms with E-state index in [1.54, 1.807) is 0 Å². The van der Waals surface area contributed by atoms with Gasteiger partial charge in [0.25, 0.3) is 0 Å². The Bertz CT molecular complexity index is 490. The predicted octanol–water partition coefficient (Wildman–Crippen LogP) is 3.67. The number of nitrogens with zero attached hydrogens (tertiary/aromatic N) is 1. The molecule has 4 nitrogen and oxygen atoms in total. The topological polar surface area (TPSA) is 47.7 Å². The summed E-state index contributed by atoms with van der Waals surface area (Å²) < 4.78 is 11.3. The van der Waals surface area contributed by atoms with Crippen molar-refractivity contribution in [3.05, 3.63) is 43.0 Å². The maximum Gasteiger partial charge on any atom is 0.184 e. The van der Waals surface area contributed by atoms with Crippen LogP contribution in [0.25, 0.3) is 0 Å². The van der Waals surface area contributed by atoms with Crippen molar-refractivity contribution < 1.29 is 9.47 Å². The van der Waals surface area contributed by atoms with E-state index in [0.29, 0.717) is 24.7 Å². The molecule has 0 aliphatic rings. The third-order valence-electron chi connectivity index (χ3n) is 3.45. The third kappa shape index (κ3) is 6.37. The van der Waals surface area contributed by atoms with E-state index in [1.165, 1.54) is 5.56 Å². The molecule has 0 heterocycles. The maximum atomic E-state index is 6.12. The number of hydrogen-bond donors (Lipinski definition) is 1. The Morgan fingerprint density at radius 2 is 1.74 bits per heavy atom. The van der Waals surface area contributed by atoms with E-state index >= 15 is 0 Å². The SMILES string of the molecule is C=CCN(CC=C)CCCc1cc(N)c(OCC)c(OCC)c1. The lowest BCUT2D eigenvalue weighted by atomic mass is 10.1. The van der Waals surface area contributed by atoms with Crippen molar-refractivity contribution in [3.63, 3.8) is 0 Å². The molecule has 1 rings (SSSR count). The minimum Gasteiger partial charge on any atom is -0.490 e. The number of benzene rings is 1. The van der Waals surface area contributed by atoms with Gasteiger partial charge in [-0.2, -0.15) is 0 Å². The number of hydrogen-bond acceptors (Lipinski definition) is 4. The summed E-state index contributed by atoms with van der Waals surface area (Å²) in [6, 6.07) is 4.02. The summed E-state index contributed by atoms with van der Waals surface area (Å²) in [6.45, 7) is 15.4. The summed E-state index contributed by atoms with van der Waals surface area (Å²) in [5, 5.41) is 0. The van der Waals surface area contributed by atoms with Crippen LogP contribution in [0.4, 0.5) is 5.69 Å². The Labute approximate surface area is 140 Å². The van der Waals surface area contributed by atoms with Gasteiger partial charge in [0.1, 0.15) is 0 Å². The fourth-order valence-corrected chi connectivity index (χ4v) is 2.52. The van der Waals surface area contributed by atoms with Crippen LogP contribution < -0.4 is 15.2 Å². The highest BCUT2D eigenvalue weighted by atomic mass is 16.5. The molecule has 4 heteroatoms. The van der Waals surface area contributed by atoms with Gasteiger partial charge < -0.3 is 15.2 Å². The molecule has 0 radical (unpaired) electrons. The molecule has 0 fully saturated rings. The van der Waals surface area contributed by atoms with Gasteiger partial charge in [0.15, 0.2) is 11.5 Å². The Hall–Kier alpha value is -1.94.